The molecular formula is C27H31Cl2N3O4S. The lowest BCUT2D eigenvalue weighted by molar-refractivity contribution is -0.138. The first-order chi connectivity index (χ1) is 17.6. The lowest BCUT2D eigenvalue weighted by Crippen LogP contribution is -2.57. The largest absolute Gasteiger partial charge is 0.378 e. The van der Waals surface area contributed by atoms with E-state index < -0.39 is 15.4 Å². The van der Waals surface area contributed by atoms with Crippen LogP contribution in [0, 0.1) is 17.3 Å². The summed E-state index contributed by atoms with van der Waals surface area (Å²) in [5.74, 6) is 0.916. The number of carbonyl (C=O) groups is 1. The molecule has 1 heterocycles. The molecule has 1 saturated heterocycles. The van der Waals surface area contributed by atoms with Gasteiger partial charge in [-0.2, -0.15) is 0 Å². The molecule has 2 N–H and O–H groups in total. The van der Waals surface area contributed by atoms with Gasteiger partial charge in [-0.15, -0.1) is 11.6 Å². The fourth-order valence-corrected chi connectivity index (χ4v) is 9.32. The Hall–Kier alpha value is -2.00. The van der Waals surface area contributed by atoms with Gasteiger partial charge in [0.25, 0.3) is 10.0 Å². The van der Waals surface area contributed by atoms with Crippen molar-refractivity contribution in [1.29, 1.82) is 0 Å². The number of morpholine rings is 1. The minimum atomic E-state index is -3.95. The van der Waals surface area contributed by atoms with Crippen molar-refractivity contribution in [1.82, 2.24) is 0 Å². The summed E-state index contributed by atoms with van der Waals surface area (Å²) in [7, 11) is -3.95. The average molecular weight is 565 g/mol. The van der Waals surface area contributed by atoms with E-state index in [9.17, 15) is 13.2 Å². The number of para-hydroxylation sites is 1. The number of nitrogens with zero attached hydrogens (tertiary/aromatic N) is 1. The van der Waals surface area contributed by atoms with Crippen LogP contribution in [-0.2, 0) is 19.6 Å². The minimum Gasteiger partial charge on any atom is -0.378 e. The predicted molar refractivity (Wildman–Crippen MR) is 146 cm³/mol. The highest BCUT2D eigenvalue weighted by atomic mass is 35.5. The minimum absolute atomic E-state index is 0.0465. The van der Waals surface area contributed by atoms with Crippen LogP contribution < -0.4 is 14.9 Å². The molecule has 37 heavy (non-hydrogen) atoms. The lowest BCUT2D eigenvalue weighted by Gasteiger charge is -2.59. The number of hydrogen-bond donors (Lipinski definition) is 2. The van der Waals surface area contributed by atoms with Crippen LogP contribution >= 0.6 is 23.2 Å². The van der Waals surface area contributed by atoms with Gasteiger partial charge >= 0.3 is 0 Å². The van der Waals surface area contributed by atoms with E-state index in [0.717, 1.165) is 37.8 Å². The molecule has 4 bridgehead atoms. The summed E-state index contributed by atoms with van der Waals surface area (Å²) in [6.45, 7) is 2.47. The van der Waals surface area contributed by atoms with Crippen LogP contribution in [0.3, 0.4) is 0 Å². The summed E-state index contributed by atoms with van der Waals surface area (Å²) < 4.78 is 34.7. The Kier molecular flexibility index (Phi) is 6.38. The number of amides is 1. The molecule has 7 rings (SSSR count). The van der Waals surface area contributed by atoms with E-state index in [4.69, 9.17) is 27.9 Å². The zero-order valence-electron chi connectivity index (χ0n) is 20.5. The number of nitrogens with one attached hydrogen (secondary N) is 2. The Labute approximate surface area is 227 Å². The summed E-state index contributed by atoms with van der Waals surface area (Å²) in [4.78, 5) is 15.8. The van der Waals surface area contributed by atoms with E-state index in [1.165, 1.54) is 0 Å². The van der Waals surface area contributed by atoms with Gasteiger partial charge in [0.05, 0.1) is 45.6 Å². The highest BCUT2D eigenvalue weighted by Crippen LogP contribution is 2.64. The Bertz CT molecular complexity index is 1310. The molecule has 2 unspecified atom stereocenters. The molecule has 0 aromatic heterocycles. The maximum atomic E-state index is 13.9. The van der Waals surface area contributed by atoms with E-state index in [2.05, 4.69) is 14.9 Å². The van der Waals surface area contributed by atoms with Gasteiger partial charge in [-0.05, 0) is 80.7 Å². The van der Waals surface area contributed by atoms with Crippen molar-refractivity contribution in [2.45, 2.75) is 48.3 Å². The normalized spacial score (nSPS) is 30.8. The van der Waals surface area contributed by atoms with Crippen LogP contribution in [0.1, 0.15) is 38.5 Å². The van der Waals surface area contributed by atoms with Gasteiger partial charge in [0, 0.05) is 18.0 Å². The SMILES string of the molecule is O=C(Nc1cc(S(=O)(=O)Nc2ccccc2Cl)ccc1N1CCOCC1)C12CC3CC(CC(Cl)(C3)C1)C2. The number of halogens is 2. The van der Waals surface area contributed by atoms with Crippen LogP contribution in [-0.4, -0.2) is 45.5 Å². The number of carbonyl (C=O) groups excluding carboxylic acids is 1. The van der Waals surface area contributed by atoms with E-state index in [1.807, 2.05) is 0 Å². The van der Waals surface area contributed by atoms with Crippen molar-refractivity contribution < 1.29 is 17.9 Å². The van der Waals surface area contributed by atoms with Crippen molar-refractivity contribution in [3.8, 4) is 0 Å². The van der Waals surface area contributed by atoms with Crippen molar-refractivity contribution >= 4 is 56.2 Å². The van der Waals surface area contributed by atoms with Gasteiger partial charge in [-0.25, -0.2) is 8.42 Å². The highest BCUT2D eigenvalue weighted by molar-refractivity contribution is 7.92. The Morgan fingerprint density at radius 3 is 2.38 bits per heavy atom. The van der Waals surface area contributed by atoms with Crippen LogP contribution in [0.4, 0.5) is 17.1 Å². The number of ether oxygens (including phenoxy) is 1. The molecule has 7 nitrogen and oxygen atoms in total. The van der Waals surface area contributed by atoms with E-state index >= 15 is 0 Å². The lowest BCUT2D eigenvalue weighted by atomic mass is 9.49. The van der Waals surface area contributed by atoms with Gasteiger partial charge in [0.15, 0.2) is 0 Å². The summed E-state index contributed by atoms with van der Waals surface area (Å²) in [6.07, 6.45) is 5.51. The molecule has 198 valence electrons. The van der Waals surface area contributed by atoms with E-state index in [-0.39, 0.29) is 15.7 Å². The van der Waals surface area contributed by atoms with Gasteiger partial charge in [-0.1, -0.05) is 23.7 Å². The van der Waals surface area contributed by atoms with Gasteiger partial charge < -0.3 is 15.0 Å². The van der Waals surface area contributed by atoms with E-state index in [0.29, 0.717) is 61.0 Å². The molecule has 2 aromatic rings. The predicted octanol–water partition coefficient (Wildman–Crippen LogP) is 5.49. The maximum Gasteiger partial charge on any atom is 0.262 e. The van der Waals surface area contributed by atoms with Gasteiger partial charge in [-0.3, -0.25) is 9.52 Å². The highest BCUT2D eigenvalue weighted by Gasteiger charge is 2.60. The molecule has 4 aliphatic carbocycles. The number of sulfonamides is 1. The number of rotatable bonds is 6. The van der Waals surface area contributed by atoms with Crippen molar-refractivity contribution in [3.63, 3.8) is 0 Å². The van der Waals surface area contributed by atoms with Crippen LogP contribution in [0.15, 0.2) is 47.4 Å². The maximum absolute atomic E-state index is 13.9. The van der Waals surface area contributed by atoms with Crippen molar-refractivity contribution in [3.05, 3.63) is 47.5 Å². The third kappa shape index (κ3) is 4.82. The molecule has 2 atom stereocenters. The van der Waals surface area contributed by atoms with Crippen LogP contribution in [0.25, 0.3) is 0 Å². The van der Waals surface area contributed by atoms with Gasteiger partial charge in [0.1, 0.15) is 0 Å². The van der Waals surface area contributed by atoms with Crippen LogP contribution in [0.2, 0.25) is 5.02 Å². The summed E-state index contributed by atoms with van der Waals surface area (Å²) in [5, 5.41) is 3.48. The monoisotopic (exact) mass is 563 g/mol. The van der Waals surface area contributed by atoms with E-state index in [1.54, 1.807) is 42.5 Å². The van der Waals surface area contributed by atoms with Crippen molar-refractivity contribution in [2.75, 3.05) is 41.2 Å². The molecule has 5 fully saturated rings. The molecule has 5 aliphatic rings. The first kappa shape index (κ1) is 25.3. The number of benzene rings is 2. The molecule has 10 heteroatoms. The smallest absolute Gasteiger partial charge is 0.262 e. The molecule has 1 aliphatic heterocycles. The second-order valence-electron chi connectivity index (χ2n) is 11.2. The summed E-state index contributed by atoms with van der Waals surface area (Å²) in [6, 6.07) is 11.6. The fraction of sp³-hybridized carbons (Fsp3) is 0.519. The van der Waals surface area contributed by atoms with Gasteiger partial charge in [0.2, 0.25) is 5.91 Å². The Morgan fingerprint density at radius 2 is 1.70 bits per heavy atom. The molecule has 2 aromatic carbocycles. The summed E-state index contributed by atoms with van der Waals surface area (Å²) >= 11 is 13.2. The quantitative estimate of drug-likeness (QED) is 0.453. The van der Waals surface area contributed by atoms with Crippen LogP contribution in [0.5, 0.6) is 0 Å². The topological polar surface area (TPSA) is 87.7 Å². The molecule has 1 amide bonds. The second-order valence-corrected chi connectivity index (χ2v) is 14.1. The summed E-state index contributed by atoms with van der Waals surface area (Å²) in [5.41, 5.74) is 1.08. The number of hydrogen-bond acceptors (Lipinski definition) is 5. The Balaban J connectivity index is 1.33. The zero-order valence-corrected chi connectivity index (χ0v) is 22.8. The number of alkyl halides is 1. The molecule has 0 spiro atoms. The fourth-order valence-electron chi connectivity index (χ4n) is 7.28. The molecular weight excluding hydrogens is 533 g/mol. The third-order valence-corrected chi connectivity index (χ3v) is 10.6. The first-order valence-electron chi connectivity index (χ1n) is 12.9. The number of anilines is 3. The zero-order chi connectivity index (χ0) is 25.8. The third-order valence-electron chi connectivity index (χ3n) is 8.47. The average Bonchev–Trinajstić information content (AvgIpc) is 2.84. The first-order valence-corrected chi connectivity index (χ1v) is 15.1. The van der Waals surface area contributed by atoms with Crippen molar-refractivity contribution in [2.24, 2.45) is 17.3 Å². The molecule has 0 radical (unpaired) electrons. The second kappa shape index (κ2) is 9.33. The Morgan fingerprint density at radius 1 is 1.00 bits per heavy atom. The standard InChI is InChI=1S/C27H31Cl2N3O4S/c28-21-3-1-2-4-22(21)31-37(34,35)20-5-6-24(32-7-9-36-10-8-32)23(12-20)30-25(33)26-13-18-11-19(14-26)16-27(29,15-18)17-26/h1-6,12,18-19,31H,7-11,13-17H2,(H,30,33). The molecule has 4 saturated carbocycles.